The fourth-order valence-corrected chi connectivity index (χ4v) is 2.02. The molecule has 0 N–H and O–H groups in total. The van der Waals surface area contributed by atoms with Crippen molar-refractivity contribution in [2.45, 2.75) is 60.2 Å². The smallest absolute Gasteiger partial charge is 0.194 e. The zero-order valence-corrected chi connectivity index (χ0v) is 15.1. The summed E-state index contributed by atoms with van der Waals surface area (Å²) < 4.78 is 307. The molecule has 0 aromatic heterocycles. The Morgan fingerprint density at radius 3 is 0.722 bits per heavy atom. The minimum Gasteiger partial charge on any atom is -0.194 e. The lowest BCUT2D eigenvalue weighted by Crippen LogP contribution is -2.71. The molecule has 24 heteroatoms. The van der Waals surface area contributed by atoms with Gasteiger partial charge < -0.3 is 0 Å². The van der Waals surface area contributed by atoms with E-state index in [2.05, 4.69) is 0 Å². The maximum Gasteiger partial charge on any atom is 0.460 e. The normalized spacial score (nSPS) is 17.3. The van der Waals surface area contributed by atoms with Gasteiger partial charge in [0.25, 0.3) is 0 Å². The van der Waals surface area contributed by atoms with Crippen LogP contribution in [-0.2, 0) is 0 Å². The number of allylic oxidation sites excluding steroid dienone is 2. The van der Waals surface area contributed by atoms with Gasteiger partial charge in [0, 0.05) is 0 Å². The summed E-state index contributed by atoms with van der Waals surface area (Å²) in [4.78, 5) is 0. The van der Waals surface area contributed by atoms with Gasteiger partial charge in [-0.1, -0.05) is 0 Å². The third-order valence-electron chi connectivity index (χ3n) is 3.73. The third kappa shape index (κ3) is 4.83. The second kappa shape index (κ2) is 8.28. The van der Waals surface area contributed by atoms with Crippen LogP contribution in [0.2, 0.25) is 0 Å². The van der Waals surface area contributed by atoms with Gasteiger partial charge in [0.15, 0.2) is 0 Å². The molecule has 0 aromatic rings. The Balaban J connectivity index is 7.92. The van der Waals surface area contributed by atoms with E-state index >= 15 is 0 Å². The van der Waals surface area contributed by atoms with Crippen molar-refractivity contribution in [3.63, 3.8) is 0 Å². The summed E-state index contributed by atoms with van der Waals surface area (Å²) in [6.07, 6.45) is -32.8. The minimum absolute atomic E-state index is 6.15. The second-order valence-electron chi connectivity index (χ2n) is 6.19. The molecule has 0 rings (SSSR count). The number of rotatable bonds is 6. The first-order chi connectivity index (χ1) is 15.0. The topological polar surface area (TPSA) is 0 Å². The van der Waals surface area contributed by atoms with Crippen molar-refractivity contribution in [1.82, 2.24) is 0 Å². The van der Waals surface area contributed by atoms with Crippen LogP contribution in [-0.4, -0.2) is 60.2 Å². The molecule has 0 aromatic carbocycles. The van der Waals surface area contributed by atoms with Crippen LogP contribution in [0.3, 0.4) is 0 Å². The van der Waals surface area contributed by atoms with Gasteiger partial charge in [-0.2, -0.15) is 105 Å². The largest absolute Gasteiger partial charge is 0.460 e. The molecular formula is C12F24. The molecule has 0 atom stereocenters. The van der Waals surface area contributed by atoms with Crippen molar-refractivity contribution >= 4 is 0 Å². The summed E-state index contributed by atoms with van der Waals surface area (Å²) in [6.45, 7) is 0. The van der Waals surface area contributed by atoms with Crippen molar-refractivity contribution in [2.24, 2.45) is 0 Å². The quantitative estimate of drug-likeness (QED) is 0.213. The Morgan fingerprint density at radius 1 is 0.250 bits per heavy atom. The van der Waals surface area contributed by atoms with Crippen molar-refractivity contribution in [1.29, 1.82) is 0 Å². The number of halogens is 24. The summed E-state index contributed by atoms with van der Waals surface area (Å²) in [5.74, 6) is -53.6. The molecule has 0 spiro atoms. The van der Waals surface area contributed by atoms with Crippen LogP contribution in [0.4, 0.5) is 105 Å². The maximum atomic E-state index is 13.7. The van der Waals surface area contributed by atoms with Crippen molar-refractivity contribution in [3.05, 3.63) is 11.1 Å². The van der Waals surface area contributed by atoms with E-state index < -0.39 is 71.4 Å². The van der Waals surface area contributed by atoms with E-state index in [1.165, 1.54) is 0 Å². The van der Waals surface area contributed by atoms with Crippen LogP contribution >= 0.6 is 0 Å². The molecule has 0 aliphatic rings. The monoisotopic (exact) mass is 600 g/mol. The third-order valence-corrected chi connectivity index (χ3v) is 3.73. The molecule has 0 unspecified atom stereocenters. The van der Waals surface area contributed by atoms with E-state index in [1.807, 2.05) is 0 Å². The van der Waals surface area contributed by atoms with Crippen molar-refractivity contribution in [2.75, 3.05) is 0 Å². The summed E-state index contributed by atoms with van der Waals surface area (Å²) >= 11 is 0. The Kier molecular flexibility index (Phi) is 7.83. The van der Waals surface area contributed by atoms with Gasteiger partial charge in [-0.05, 0) is 0 Å². The van der Waals surface area contributed by atoms with Gasteiger partial charge in [-0.25, -0.2) is 0 Å². The highest BCUT2D eigenvalue weighted by molar-refractivity contribution is 5.38. The zero-order valence-electron chi connectivity index (χ0n) is 15.1. The van der Waals surface area contributed by atoms with E-state index in [4.69, 9.17) is 0 Å². The summed E-state index contributed by atoms with van der Waals surface area (Å²) in [7, 11) is 0. The molecule has 36 heavy (non-hydrogen) atoms. The summed E-state index contributed by atoms with van der Waals surface area (Å²) in [5, 5.41) is 0. The Bertz CT molecular complexity index is 836. The molecule has 216 valence electrons. The van der Waals surface area contributed by atoms with Crippen LogP contribution in [0, 0.1) is 0 Å². The van der Waals surface area contributed by atoms with E-state index in [0.717, 1.165) is 0 Å². The summed E-state index contributed by atoms with van der Waals surface area (Å²) in [6, 6.07) is 0. The van der Waals surface area contributed by atoms with Crippen molar-refractivity contribution < 1.29 is 105 Å². The Morgan fingerprint density at radius 2 is 0.500 bits per heavy atom. The van der Waals surface area contributed by atoms with Gasteiger partial charge in [-0.3, -0.25) is 0 Å². The lowest BCUT2D eigenvalue weighted by Gasteiger charge is -2.41. The van der Waals surface area contributed by atoms with Gasteiger partial charge in [0.1, 0.15) is 11.1 Å². The van der Waals surface area contributed by atoms with Crippen LogP contribution in [0.1, 0.15) is 0 Å². The molecule has 0 aliphatic carbocycles. The summed E-state index contributed by atoms with van der Waals surface area (Å²) in [5.41, 5.74) is -12.5. The van der Waals surface area contributed by atoms with Crippen LogP contribution in [0.5, 0.6) is 0 Å². The number of hydrogen-bond acceptors (Lipinski definition) is 0. The molecule has 0 nitrogen and oxygen atoms in total. The maximum absolute atomic E-state index is 13.7. The number of hydrogen-bond donors (Lipinski definition) is 0. The predicted molar refractivity (Wildman–Crippen MR) is 60.9 cm³/mol. The van der Waals surface area contributed by atoms with E-state index in [1.54, 1.807) is 0 Å². The predicted octanol–water partition coefficient (Wildman–Crippen LogP) is 8.34. The van der Waals surface area contributed by atoms with E-state index in [-0.39, 0.29) is 0 Å². The first-order valence-electron chi connectivity index (χ1n) is 7.29. The molecule has 0 amide bonds. The lowest BCUT2D eigenvalue weighted by molar-refractivity contribution is -0.438. The Hall–Kier alpha value is -1.94. The molecular weight excluding hydrogens is 600 g/mol. The highest BCUT2D eigenvalue weighted by Crippen LogP contribution is 2.64. The highest BCUT2D eigenvalue weighted by atomic mass is 19.4. The first-order valence-corrected chi connectivity index (χ1v) is 7.29. The van der Waals surface area contributed by atoms with Crippen molar-refractivity contribution in [3.8, 4) is 0 Å². The second-order valence-corrected chi connectivity index (χ2v) is 6.19. The number of alkyl halides is 24. The average Bonchev–Trinajstić information content (AvgIpc) is 2.54. The molecule has 0 saturated heterocycles. The standard InChI is InChI=1S/C12F24/c13-3(14,7(23,24)8(25,26)9(27,28)10(29,30)12(34,35)36)1(5(17,18)19)2(6(20,21)22)4(15,16)11(31,32)33. The SMILES string of the molecule is FC(F)(F)C(=C(C(F)(F)F)C(F)(F)C(F)(F)C(F)(F)C(F)(F)C(F)(F)C(F)(F)F)C(F)(F)C(F)(F)F. The fraction of sp³-hybridized carbons (Fsp3) is 0.833. The van der Waals surface area contributed by atoms with Gasteiger partial charge >= 0.3 is 60.2 Å². The van der Waals surface area contributed by atoms with E-state index in [0.29, 0.717) is 0 Å². The minimum atomic E-state index is -9.30. The highest BCUT2D eigenvalue weighted by Gasteiger charge is 2.92. The van der Waals surface area contributed by atoms with Gasteiger partial charge in [0.2, 0.25) is 0 Å². The average molecular weight is 600 g/mol. The lowest BCUT2D eigenvalue weighted by atomic mass is 9.86. The molecule has 0 radical (unpaired) electrons. The Labute approximate surface area is 178 Å². The van der Waals surface area contributed by atoms with Crippen LogP contribution < -0.4 is 0 Å². The van der Waals surface area contributed by atoms with Crippen LogP contribution in [0.25, 0.3) is 0 Å². The zero-order chi connectivity index (χ0) is 30.2. The van der Waals surface area contributed by atoms with Gasteiger partial charge in [0.05, 0.1) is 0 Å². The molecule has 0 aliphatic heterocycles. The molecule has 0 bridgehead atoms. The van der Waals surface area contributed by atoms with Crippen LogP contribution in [0.15, 0.2) is 11.1 Å². The molecule has 0 heterocycles. The first kappa shape index (κ1) is 34.1. The van der Waals surface area contributed by atoms with E-state index in [9.17, 15) is 105 Å². The molecule has 0 saturated carbocycles. The fourth-order valence-electron chi connectivity index (χ4n) is 2.02. The molecule has 0 fully saturated rings. The van der Waals surface area contributed by atoms with Gasteiger partial charge in [-0.15, -0.1) is 0 Å².